The number of ether oxygens (including phenoxy) is 2. The van der Waals surface area contributed by atoms with Crippen LogP contribution in [0.15, 0.2) is 28.9 Å². The minimum Gasteiger partial charge on any atom is -0.454 e. The molecule has 0 aliphatic carbocycles. The van der Waals surface area contributed by atoms with Crippen molar-refractivity contribution in [3.05, 3.63) is 35.0 Å². The molecule has 0 spiro atoms. The van der Waals surface area contributed by atoms with Crippen molar-refractivity contribution in [3.63, 3.8) is 0 Å². The van der Waals surface area contributed by atoms with E-state index in [4.69, 9.17) is 9.47 Å². The second-order valence-electron chi connectivity index (χ2n) is 10.6. The number of hydrogen-bond donors (Lipinski definition) is 1. The average Bonchev–Trinajstić information content (AvgIpc) is 3.47. The molecule has 5 atom stereocenters. The summed E-state index contributed by atoms with van der Waals surface area (Å²) in [6.07, 6.45) is -1.43. The predicted molar refractivity (Wildman–Crippen MR) is 130 cm³/mol. The van der Waals surface area contributed by atoms with Gasteiger partial charge in [0.2, 0.25) is 6.79 Å². The Kier molecular flexibility index (Phi) is 7.12. The van der Waals surface area contributed by atoms with E-state index >= 15 is 4.39 Å². The van der Waals surface area contributed by atoms with Crippen LogP contribution in [-0.2, 0) is 6.42 Å². The number of hydrogen-bond acceptors (Lipinski definition) is 6. The monoisotopic (exact) mass is 528 g/mol. The highest BCUT2D eigenvalue weighted by molar-refractivity contribution is 5.80. The summed E-state index contributed by atoms with van der Waals surface area (Å²) in [6, 6.07) is 2.11. The van der Waals surface area contributed by atoms with Crippen LogP contribution in [0, 0.1) is 0 Å². The van der Waals surface area contributed by atoms with Gasteiger partial charge in [0.1, 0.15) is 11.7 Å². The van der Waals surface area contributed by atoms with Crippen LogP contribution in [0.1, 0.15) is 43.9 Å². The lowest BCUT2D eigenvalue weighted by Crippen LogP contribution is -2.57. The number of aliphatic imine (C=N–C) groups is 1. The minimum absolute atomic E-state index is 0.0377. The van der Waals surface area contributed by atoms with Crippen LogP contribution in [0.5, 0.6) is 11.5 Å². The molecule has 0 saturated carbocycles. The smallest absolute Gasteiger partial charge is 0.401 e. The zero-order chi connectivity index (χ0) is 26.4. The largest absolute Gasteiger partial charge is 0.454 e. The Morgan fingerprint density at radius 1 is 1.22 bits per heavy atom. The van der Waals surface area contributed by atoms with Crippen LogP contribution in [0.25, 0.3) is 0 Å². The summed E-state index contributed by atoms with van der Waals surface area (Å²) in [5.41, 5.74) is 0.421. The number of halogens is 5. The summed E-state index contributed by atoms with van der Waals surface area (Å²) < 4.78 is 80.6. The molecule has 1 aromatic carbocycles. The Balaban J connectivity index is 1.42. The van der Waals surface area contributed by atoms with Gasteiger partial charge in [0.15, 0.2) is 11.5 Å². The molecule has 37 heavy (non-hydrogen) atoms. The minimum atomic E-state index is -4.46. The van der Waals surface area contributed by atoms with Gasteiger partial charge in [-0.3, -0.25) is 14.3 Å². The van der Waals surface area contributed by atoms with E-state index in [9.17, 15) is 17.6 Å². The van der Waals surface area contributed by atoms with Crippen LogP contribution in [-0.4, -0.2) is 85.6 Å². The van der Waals surface area contributed by atoms with Gasteiger partial charge in [-0.2, -0.15) is 13.2 Å². The first-order valence-electron chi connectivity index (χ1n) is 12.8. The van der Waals surface area contributed by atoms with Gasteiger partial charge in [-0.1, -0.05) is 0 Å². The third-order valence-corrected chi connectivity index (χ3v) is 7.87. The van der Waals surface area contributed by atoms with Crippen molar-refractivity contribution in [3.8, 4) is 11.5 Å². The van der Waals surface area contributed by atoms with E-state index in [1.54, 1.807) is 26.0 Å². The van der Waals surface area contributed by atoms with E-state index in [0.717, 1.165) is 25.1 Å². The van der Waals surface area contributed by atoms with Crippen LogP contribution >= 0.6 is 0 Å². The van der Waals surface area contributed by atoms with E-state index in [0.29, 0.717) is 42.1 Å². The molecular formula is C26H33F5N4O2. The van der Waals surface area contributed by atoms with Crippen molar-refractivity contribution in [2.45, 2.75) is 69.1 Å². The fourth-order valence-electron chi connectivity index (χ4n) is 6.03. The van der Waals surface area contributed by atoms with Crippen LogP contribution < -0.4 is 14.8 Å². The highest BCUT2D eigenvalue weighted by atomic mass is 19.4. The molecule has 1 fully saturated rings. The van der Waals surface area contributed by atoms with Gasteiger partial charge in [0.05, 0.1) is 25.0 Å². The fourth-order valence-corrected chi connectivity index (χ4v) is 6.03. The second-order valence-corrected chi connectivity index (χ2v) is 10.6. The molecular weight excluding hydrogens is 495 g/mol. The SMILES string of the molecule is C[C@@H]1Cc2cc3c(cc2[C@@H](C2(C)N=CC(N[C@H]4CCN(CCCF)C4)=CC2F)N1CC(F)(F)F)OCO3. The lowest BCUT2D eigenvalue weighted by atomic mass is 9.75. The van der Waals surface area contributed by atoms with Gasteiger partial charge >= 0.3 is 6.18 Å². The Morgan fingerprint density at radius 3 is 2.68 bits per heavy atom. The maximum absolute atomic E-state index is 16.0. The highest BCUT2D eigenvalue weighted by Crippen LogP contribution is 2.49. The van der Waals surface area contributed by atoms with Crippen molar-refractivity contribution in [2.75, 3.05) is 39.6 Å². The molecule has 2 unspecified atom stereocenters. The summed E-state index contributed by atoms with van der Waals surface area (Å²) in [6.45, 7) is 4.05. The maximum atomic E-state index is 16.0. The van der Waals surface area contributed by atoms with Crippen molar-refractivity contribution >= 4 is 6.21 Å². The molecule has 0 bridgehead atoms. The highest BCUT2D eigenvalue weighted by Gasteiger charge is 2.52. The standard InChI is InChI=1S/C26H33F5N4O2/c1-16-8-17-9-21-22(37-15-36-21)11-20(17)24(35(16)14-26(29,30)31)25(2)23(28)10-19(12-32-25)33-18-4-7-34(13-18)6-3-5-27/h9-12,16,18,23-24,33H,3-8,13-15H2,1-2H3/t16-,18+,23?,24+,25?/m1/s1. The van der Waals surface area contributed by atoms with Crippen LogP contribution in [0.2, 0.25) is 0 Å². The second kappa shape index (κ2) is 10.1. The molecule has 11 heteroatoms. The summed E-state index contributed by atoms with van der Waals surface area (Å²) >= 11 is 0. The summed E-state index contributed by atoms with van der Waals surface area (Å²) in [4.78, 5) is 8.07. The lowest BCUT2D eigenvalue weighted by Gasteiger charge is -2.50. The zero-order valence-corrected chi connectivity index (χ0v) is 21.0. The average molecular weight is 529 g/mol. The van der Waals surface area contributed by atoms with Crippen LogP contribution in [0.4, 0.5) is 22.0 Å². The maximum Gasteiger partial charge on any atom is 0.401 e. The molecule has 1 N–H and O–H groups in total. The molecule has 4 heterocycles. The normalized spacial score (nSPS) is 31.9. The molecule has 4 aliphatic rings. The Morgan fingerprint density at radius 2 is 1.97 bits per heavy atom. The Labute approximate surface area is 213 Å². The van der Waals surface area contributed by atoms with Gasteiger partial charge in [0.25, 0.3) is 0 Å². The summed E-state index contributed by atoms with van der Waals surface area (Å²) in [7, 11) is 0. The Hall–Kier alpha value is -2.40. The summed E-state index contributed by atoms with van der Waals surface area (Å²) in [5, 5.41) is 3.31. The number of fused-ring (bicyclic) bond motifs is 2. The molecule has 0 aromatic heterocycles. The molecule has 4 aliphatic heterocycles. The van der Waals surface area contributed by atoms with Crippen molar-refractivity contribution < 1.29 is 31.4 Å². The number of nitrogens with zero attached hydrogens (tertiary/aromatic N) is 3. The molecule has 6 nitrogen and oxygen atoms in total. The number of likely N-dealkylation sites (tertiary alicyclic amines) is 1. The zero-order valence-electron chi connectivity index (χ0n) is 21.0. The van der Waals surface area contributed by atoms with Crippen molar-refractivity contribution in [2.24, 2.45) is 4.99 Å². The fraction of sp³-hybridized carbons (Fsp3) is 0.654. The Bertz CT molecular complexity index is 1060. The predicted octanol–water partition coefficient (Wildman–Crippen LogP) is 4.35. The number of alkyl halides is 5. The molecule has 0 radical (unpaired) electrons. The molecule has 1 aromatic rings. The van der Waals surface area contributed by atoms with Crippen LogP contribution in [0.3, 0.4) is 0 Å². The van der Waals surface area contributed by atoms with E-state index < -0.39 is 36.5 Å². The van der Waals surface area contributed by atoms with E-state index in [1.807, 2.05) is 0 Å². The quantitative estimate of drug-likeness (QED) is 0.534. The number of nitrogens with one attached hydrogen (secondary N) is 1. The van der Waals surface area contributed by atoms with Gasteiger partial charge in [-0.15, -0.1) is 0 Å². The first-order valence-corrected chi connectivity index (χ1v) is 12.8. The third kappa shape index (κ3) is 5.30. The number of dihydropyridines is 1. The third-order valence-electron chi connectivity index (χ3n) is 7.87. The molecule has 204 valence electrons. The topological polar surface area (TPSA) is 49.3 Å². The van der Waals surface area contributed by atoms with Gasteiger partial charge in [0, 0.05) is 37.9 Å². The molecule has 0 amide bonds. The molecule has 1 saturated heterocycles. The van der Waals surface area contributed by atoms with Crippen molar-refractivity contribution in [1.29, 1.82) is 0 Å². The van der Waals surface area contributed by atoms with Gasteiger partial charge in [-0.25, -0.2) is 4.39 Å². The molecule has 5 rings (SSSR count). The number of allylic oxidation sites excluding steroid dienone is 1. The van der Waals surface area contributed by atoms with E-state index in [1.165, 1.54) is 17.2 Å². The number of benzene rings is 1. The lowest BCUT2D eigenvalue weighted by molar-refractivity contribution is -0.162. The number of rotatable bonds is 7. The summed E-state index contributed by atoms with van der Waals surface area (Å²) in [5.74, 6) is 0.993. The first kappa shape index (κ1) is 26.2. The van der Waals surface area contributed by atoms with Gasteiger partial charge in [-0.05, 0) is 62.4 Å². The van der Waals surface area contributed by atoms with E-state index in [-0.39, 0.29) is 19.5 Å². The van der Waals surface area contributed by atoms with E-state index in [2.05, 4.69) is 15.2 Å². The van der Waals surface area contributed by atoms with Crippen molar-refractivity contribution in [1.82, 2.24) is 15.1 Å². The first-order chi connectivity index (χ1) is 17.6. The van der Waals surface area contributed by atoms with Gasteiger partial charge < -0.3 is 19.7 Å².